The SMILES string of the molecule is N#Cc1ccc(-c2ccc(-c3cc(-c4cc5ccccc5c5ccccc45)cc(OCc4ccc(Cl)cc4)c3N)cc2)cc1. The highest BCUT2D eigenvalue weighted by atomic mass is 35.5. The largest absolute Gasteiger partial charge is 0.487 e. The molecule has 4 heteroatoms. The number of halogens is 1. The zero-order valence-corrected chi connectivity index (χ0v) is 24.6. The summed E-state index contributed by atoms with van der Waals surface area (Å²) in [4.78, 5) is 0. The van der Waals surface area contributed by atoms with Crippen LogP contribution in [0.2, 0.25) is 5.02 Å². The maximum Gasteiger partial charge on any atom is 0.143 e. The Kier molecular flexibility index (Phi) is 7.20. The second kappa shape index (κ2) is 11.6. The molecule has 0 atom stereocenters. The Morgan fingerprint density at radius 1 is 0.591 bits per heavy atom. The van der Waals surface area contributed by atoms with Crippen molar-refractivity contribution in [3.63, 3.8) is 0 Å². The molecule has 0 unspecified atom stereocenters. The first-order valence-electron chi connectivity index (χ1n) is 14.4. The lowest BCUT2D eigenvalue weighted by molar-refractivity contribution is 0.308. The Morgan fingerprint density at radius 3 is 1.91 bits per heavy atom. The van der Waals surface area contributed by atoms with Crippen LogP contribution < -0.4 is 10.5 Å². The first-order valence-corrected chi connectivity index (χ1v) is 14.8. The van der Waals surface area contributed by atoms with Gasteiger partial charge in [-0.2, -0.15) is 5.26 Å². The monoisotopic (exact) mass is 586 g/mol. The highest BCUT2D eigenvalue weighted by molar-refractivity contribution is 6.30. The number of hydrogen-bond acceptors (Lipinski definition) is 3. The maximum atomic E-state index is 9.16. The van der Waals surface area contributed by atoms with Gasteiger partial charge in [0.15, 0.2) is 0 Å². The third kappa shape index (κ3) is 5.24. The van der Waals surface area contributed by atoms with Crippen LogP contribution in [0.15, 0.2) is 140 Å². The van der Waals surface area contributed by atoms with Gasteiger partial charge in [0.05, 0.1) is 17.3 Å². The van der Waals surface area contributed by atoms with Gasteiger partial charge in [-0.1, -0.05) is 109 Å². The molecule has 2 N–H and O–H groups in total. The molecular formula is C40H27ClN2O. The molecular weight excluding hydrogens is 560 g/mol. The van der Waals surface area contributed by atoms with E-state index >= 15 is 0 Å². The Labute approximate surface area is 261 Å². The van der Waals surface area contributed by atoms with Crippen LogP contribution in [0, 0.1) is 11.3 Å². The van der Waals surface area contributed by atoms with Crippen molar-refractivity contribution in [2.45, 2.75) is 6.61 Å². The number of ether oxygens (including phenoxy) is 1. The zero-order valence-electron chi connectivity index (χ0n) is 23.8. The van der Waals surface area contributed by atoms with E-state index in [9.17, 15) is 0 Å². The minimum Gasteiger partial charge on any atom is -0.487 e. The summed E-state index contributed by atoms with van der Waals surface area (Å²) in [7, 11) is 0. The number of rotatable bonds is 6. The van der Waals surface area contributed by atoms with E-state index in [1.807, 2.05) is 48.5 Å². The fraction of sp³-hybridized carbons (Fsp3) is 0.0250. The van der Waals surface area contributed by atoms with Crippen LogP contribution in [0.1, 0.15) is 11.1 Å². The molecule has 0 bridgehead atoms. The highest BCUT2D eigenvalue weighted by Crippen LogP contribution is 2.42. The number of hydrogen-bond donors (Lipinski definition) is 1. The van der Waals surface area contributed by atoms with Crippen molar-refractivity contribution < 1.29 is 4.74 Å². The summed E-state index contributed by atoms with van der Waals surface area (Å²) in [6.45, 7) is 0.361. The van der Waals surface area contributed by atoms with Gasteiger partial charge >= 0.3 is 0 Å². The zero-order chi connectivity index (χ0) is 30.0. The molecule has 0 spiro atoms. The lowest BCUT2D eigenvalue weighted by Crippen LogP contribution is -2.01. The number of anilines is 1. The van der Waals surface area contributed by atoms with Gasteiger partial charge in [-0.05, 0) is 97.4 Å². The van der Waals surface area contributed by atoms with Crippen LogP contribution in [0.5, 0.6) is 5.75 Å². The quantitative estimate of drug-likeness (QED) is 0.156. The molecule has 0 saturated carbocycles. The molecule has 7 rings (SSSR count). The van der Waals surface area contributed by atoms with E-state index in [2.05, 4.69) is 97.1 Å². The molecule has 0 fully saturated rings. The fourth-order valence-corrected chi connectivity index (χ4v) is 5.88. The number of benzene rings is 7. The summed E-state index contributed by atoms with van der Waals surface area (Å²) in [5.74, 6) is 0.626. The molecule has 0 aliphatic rings. The predicted octanol–water partition coefficient (Wildman–Crippen LogP) is 10.7. The molecule has 0 aromatic heterocycles. The van der Waals surface area contributed by atoms with Crippen LogP contribution in [-0.4, -0.2) is 0 Å². The van der Waals surface area contributed by atoms with Crippen LogP contribution >= 0.6 is 11.6 Å². The van der Waals surface area contributed by atoms with Crippen LogP contribution in [0.4, 0.5) is 5.69 Å². The second-order valence-corrected chi connectivity index (χ2v) is 11.2. The van der Waals surface area contributed by atoms with Crippen molar-refractivity contribution >= 4 is 38.8 Å². The molecule has 0 aliphatic heterocycles. The molecule has 7 aromatic carbocycles. The molecule has 0 radical (unpaired) electrons. The Balaban J connectivity index is 1.36. The Hall–Kier alpha value is -5.56. The fourth-order valence-electron chi connectivity index (χ4n) is 5.75. The predicted molar refractivity (Wildman–Crippen MR) is 183 cm³/mol. The molecule has 3 nitrogen and oxygen atoms in total. The number of nitrogens with zero attached hydrogens (tertiary/aromatic N) is 1. The molecule has 0 heterocycles. The minimum absolute atomic E-state index is 0.361. The van der Waals surface area contributed by atoms with Crippen molar-refractivity contribution in [1.82, 2.24) is 0 Å². The molecule has 210 valence electrons. The molecule has 0 amide bonds. The standard InChI is InChI=1S/C40H27ClN2O/c41-33-19-11-27(12-20-33)25-44-39-23-32(37-21-31-5-1-2-6-34(31)35-7-3-4-8-36(35)37)22-38(40(39)43)30-17-15-29(16-18-30)28-13-9-26(24-42)10-14-28/h1-23H,25,43H2. The van der Waals surface area contributed by atoms with Crippen LogP contribution in [0.3, 0.4) is 0 Å². The van der Waals surface area contributed by atoms with Gasteiger partial charge in [0, 0.05) is 10.6 Å². The normalized spacial score (nSPS) is 11.0. The summed E-state index contributed by atoms with van der Waals surface area (Å²) in [6, 6.07) is 49.3. The van der Waals surface area contributed by atoms with E-state index in [0.29, 0.717) is 28.6 Å². The number of nitrogens with two attached hydrogens (primary N) is 1. The van der Waals surface area contributed by atoms with Gasteiger partial charge in [-0.15, -0.1) is 0 Å². The van der Waals surface area contributed by atoms with Gasteiger partial charge in [0.1, 0.15) is 12.4 Å². The summed E-state index contributed by atoms with van der Waals surface area (Å²) in [6.07, 6.45) is 0. The summed E-state index contributed by atoms with van der Waals surface area (Å²) in [5.41, 5.74) is 15.2. The highest BCUT2D eigenvalue weighted by Gasteiger charge is 2.16. The third-order valence-corrected chi connectivity index (χ3v) is 8.32. The second-order valence-electron chi connectivity index (χ2n) is 10.8. The van der Waals surface area contributed by atoms with E-state index in [0.717, 1.165) is 38.9 Å². The molecule has 0 aliphatic carbocycles. The number of nitrogen functional groups attached to an aromatic ring is 1. The average Bonchev–Trinajstić information content (AvgIpc) is 3.08. The van der Waals surface area contributed by atoms with Gasteiger partial charge in [0.25, 0.3) is 0 Å². The van der Waals surface area contributed by atoms with Crippen molar-refractivity contribution in [2.24, 2.45) is 0 Å². The summed E-state index contributed by atoms with van der Waals surface area (Å²) < 4.78 is 6.41. The smallest absolute Gasteiger partial charge is 0.143 e. The number of nitriles is 1. The topological polar surface area (TPSA) is 59.0 Å². The Morgan fingerprint density at radius 2 is 1.20 bits per heavy atom. The lowest BCUT2D eigenvalue weighted by Gasteiger charge is -2.18. The van der Waals surface area contributed by atoms with E-state index in [1.165, 1.54) is 21.5 Å². The van der Waals surface area contributed by atoms with Crippen molar-refractivity contribution in [2.75, 3.05) is 5.73 Å². The number of fused-ring (bicyclic) bond motifs is 3. The van der Waals surface area contributed by atoms with Gasteiger partial charge < -0.3 is 10.5 Å². The van der Waals surface area contributed by atoms with Gasteiger partial charge in [-0.25, -0.2) is 0 Å². The third-order valence-electron chi connectivity index (χ3n) is 8.07. The first kappa shape index (κ1) is 27.3. The summed E-state index contributed by atoms with van der Waals surface area (Å²) >= 11 is 6.11. The van der Waals surface area contributed by atoms with Crippen LogP contribution in [0.25, 0.3) is 54.9 Å². The lowest BCUT2D eigenvalue weighted by atomic mass is 9.90. The molecule has 0 saturated heterocycles. The maximum absolute atomic E-state index is 9.16. The van der Waals surface area contributed by atoms with Crippen molar-refractivity contribution in [3.05, 3.63) is 156 Å². The van der Waals surface area contributed by atoms with E-state index < -0.39 is 0 Å². The molecule has 44 heavy (non-hydrogen) atoms. The summed E-state index contributed by atoms with van der Waals surface area (Å²) in [5, 5.41) is 14.6. The van der Waals surface area contributed by atoms with Gasteiger partial charge in [0.2, 0.25) is 0 Å². The van der Waals surface area contributed by atoms with E-state index in [1.54, 1.807) is 0 Å². The van der Waals surface area contributed by atoms with E-state index in [-0.39, 0.29) is 0 Å². The van der Waals surface area contributed by atoms with E-state index in [4.69, 9.17) is 27.3 Å². The van der Waals surface area contributed by atoms with Crippen LogP contribution in [-0.2, 0) is 6.61 Å². The van der Waals surface area contributed by atoms with Crippen molar-refractivity contribution in [1.29, 1.82) is 5.26 Å². The minimum atomic E-state index is 0.361. The Bertz CT molecular complexity index is 2180. The first-order chi connectivity index (χ1) is 21.6. The average molecular weight is 587 g/mol. The molecule has 7 aromatic rings. The van der Waals surface area contributed by atoms with Gasteiger partial charge in [-0.3, -0.25) is 0 Å². The van der Waals surface area contributed by atoms with Crippen molar-refractivity contribution in [3.8, 4) is 45.2 Å².